The van der Waals surface area contributed by atoms with Gasteiger partial charge in [-0.05, 0) is 53.1 Å². The average Bonchev–Trinajstić information content (AvgIpc) is 3.31. The van der Waals surface area contributed by atoms with Crippen molar-refractivity contribution in [1.29, 1.82) is 0 Å². The van der Waals surface area contributed by atoms with Crippen molar-refractivity contribution < 1.29 is 13.2 Å². The van der Waals surface area contributed by atoms with Gasteiger partial charge in [0.25, 0.3) is 0 Å². The molecule has 0 saturated carbocycles. The monoisotopic (exact) mass is 532 g/mol. The Bertz CT molecular complexity index is 1630. The molecule has 0 unspecified atom stereocenters. The maximum Gasteiger partial charge on any atom is 0.175 e. The quantitative estimate of drug-likeness (QED) is 0.241. The lowest BCUT2D eigenvalue weighted by atomic mass is 10.1. The number of sulfone groups is 1. The van der Waals surface area contributed by atoms with Gasteiger partial charge in [0, 0.05) is 52.9 Å². The van der Waals surface area contributed by atoms with Crippen LogP contribution in [0.15, 0.2) is 90.2 Å². The van der Waals surface area contributed by atoms with Crippen molar-refractivity contribution in [2.24, 2.45) is 0 Å². The molecule has 3 aromatic heterocycles. The number of ether oxygens (including phenoxy) is 1. The molecule has 5 rings (SSSR count). The number of rotatable bonds is 9. The van der Waals surface area contributed by atoms with Crippen molar-refractivity contribution in [3.8, 4) is 11.1 Å². The highest BCUT2D eigenvalue weighted by atomic mass is 35.5. The summed E-state index contributed by atoms with van der Waals surface area (Å²) in [6.07, 6.45) is 6.62. The SMILES string of the molecule is CS(=O)(=O)c1cccc(-c2cnc3[nH]cc(COCc4ccc(NCc5ccc(Cl)cc5)nc4)c3c2)c1. The Morgan fingerprint density at radius 3 is 2.49 bits per heavy atom. The van der Waals surface area contributed by atoms with Crippen LogP contribution in [0.4, 0.5) is 5.82 Å². The smallest absolute Gasteiger partial charge is 0.175 e. The van der Waals surface area contributed by atoms with Gasteiger partial charge in [-0.3, -0.25) is 0 Å². The molecule has 9 heteroatoms. The number of fused-ring (bicyclic) bond motifs is 1. The maximum absolute atomic E-state index is 11.9. The Kier molecular flexibility index (Phi) is 7.23. The standard InChI is InChI=1S/C28H25ClN4O3S/c1-37(34,35)25-4-2-3-21(11-25)22-12-26-23(16-33-28(26)32-15-22)18-36-17-20-7-10-27(31-14-20)30-13-19-5-8-24(29)9-6-19/h2-12,14-16H,13,17-18H2,1H3,(H,30,31)(H,32,33). The fraction of sp³-hybridized carbons (Fsp3) is 0.143. The van der Waals surface area contributed by atoms with Crippen LogP contribution >= 0.6 is 11.6 Å². The lowest BCUT2D eigenvalue weighted by Crippen LogP contribution is -2.02. The van der Waals surface area contributed by atoms with E-state index in [0.29, 0.717) is 19.8 Å². The molecule has 2 N–H and O–H groups in total. The summed E-state index contributed by atoms with van der Waals surface area (Å²) in [6.45, 7) is 1.47. The summed E-state index contributed by atoms with van der Waals surface area (Å²) < 4.78 is 29.9. The molecule has 0 aliphatic carbocycles. The third kappa shape index (κ3) is 6.17. The summed E-state index contributed by atoms with van der Waals surface area (Å²) >= 11 is 5.93. The molecule has 0 radical (unpaired) electrons. The summed E-state index contributed by atoms with van der Waals surface area (Å²) in [5.41, 5.74) is 5.44. The van der Waals surface area contributed by atoms with Crippen LogP contribution in [0.2, 0.25) is 5.02 Å². The number of pyridine rings is 2. The average molecular weight is 533 g/mol. The Labute approximate surface area is 220 Å². The molecule has 2 aromatic carbocycles. The lowest BCUT2D eigenvalue weighted by molar-refractivity contribution is 0.108. The van der Waals surface area contributed by atoms with Gasteiger partial charge in [-0.25, -0.2) is 18.4 Å². The fourth-order valence-corrected chi connectivity index (χ4v) is 4.72. The molecule has 5 aromatic rings. The highest BCUT2D eigenvalue weighted by molar-refractivity contribution is 7.90. The number of hydrogen-bond acceptors (Lipinski definition) is 6. The molecule has 0 saturated heterocycles. The van der Waals surface area contributed by atoms with Crippen molar-refractivity contribution >= 4 is 38.3 Å². The Balaban J connectivity index is 1.21. The Hall–Kier alpha value is -3.72. The molecule has 0 fully saturated rings. The lowest BCUT2D eigenvalue weighted by Gasteiger charge is -2.08. The second kappa shape index (κ2) is 10.7. The van der Waals surface area contributed by atoms with E-state index in [9.17, 15) is 8.42 Å². The molecule has 37 heavy (non-hydrogen) atoms. The van der Waals surface area contributed by atoms with E-state index in [1.165, 1.54) is 6.26 Å². The normalized spacial score (nSPS) is 11.6. The van der Waals surface area contributed by atoms with Crippen LogP contribution in [0.1, 0.15) is 16.7 Å². The number of nitrogens with zero attached hydrogens (tertiary/aromatic N) is 2. The minimum atomic E-state index is -3.29. The number of aromatic amines is 1. The van der Waals surface area contributed by atoms with Gasteiger partial charge in [-0.2, -0.15) is 0 Å². The van der Waals surface area contributed by atoms with Gasteiger partial charge in [-0.1, -0.05) is 41.9 Å². The largest absolute Gasteiger partial charge is 0.372 e. The third-order valence-electron chi connectivity index (χ3n) is 5.95. The molecule has 188 valence electrons. The van der Waals surface area contributed by atoms with Crippen LogP contribution in [-0.2, 0) is 34.3 Å². The van der Waals surface area contributed by atoms with E-state index >= 15 is 0 Å². The number of nitrogens with one attached hydrogen (secondary N) is 2. The van der Waals surface area contributed by atoms with E-state index in [2.05, 4.69) is 20.3 Å². The number of hydrogen-bond donors (Lipinski definition) is 2. The zero-order valence-electron chi connectivity index (χ0n) is 20.1. The van der Waals surface area contributed by atoms with Gasteiger partial charge in [0.2, 0.25) is 0 Å². The van der Waals surface area contributed by atoms with Crippen molar-refractivity contribution in [2.75, 3.05) is 11.6 Å². The summed E-state index contributed by atoms with van der Waals surface area (Å²) in [6, 6.07) is 20.5. The van der Waals surface area contributed by atoms with E-state index < -0.39 is 9.84 Å². The summed E-state index contributed by atoms with van der Waals surface area (Å²) in [5.74, 6) is 0.786. The van der Waals surface area contributed by atoms with Gasteiger partial charge >= 0.3 is 0 Å². The zero-order valence-corrected chi connectivity index (χ0v) is 21.7. The number of anilines is 1. The Morgan fingerprint density at radius 2 is 1.73 bits per heavy atom. The fourth-order valence-electron chi connectivity index (χ4n) is 3.93. The topological polar surface area (TPSA) is 97.0 Å². The summed E-state index contributed by atoms with van der Waals surface area (Å²) in [4.78, 5) is 12.4. The molecule has 0 aliphatic heterocycles. The van der Waals surface area contributed by atoms with Gasteiger partial charge in [0.1, 0.15) is 11.5 Å². The van der Waals surface area contributed by atoms with E-state index in [4.69, 9.17) is 16.3 Å². The van der Waals surface area contributed by atoms with E-state index in [-0.39, 0.29) is 4.90 Å². The number of halogens is 1. The zero-order chi connectivity index (χ0) is 25.8. The van der Waals surface area contributed by atoms with Crippen LogP contribution in [0, 0.1) is 0 Å². The van der Waals surface area contributed by atoms with Crippen LogP contribution in [0.25, 0.3) is 22.2 Å². The third-order valence-corrected chi connectivity index (χ3v) is 7.31. The molecule has 0 aliphatic rings. The van der Waals surface area contributed by atoms with Crippen molar-refractivity contribution in [2.45, 2.75) is 24.7 Å². The van der Waals surface area contributed by atoms with Crippen LogP contribution < -0.4 is 5.32 Å². The number of benzene rings is 2. The number of H-pyrrole nitrogens is 1. The predicted octanol–water partition coefficient (Wildman–Crippen LogP) is 6.01. The molecule has 7 nitrogen and oxygen atoms in total. The highest BCUT2D eigenvalue weighted by Crippen LogP contribution is 2.27. The molecule has 3 heterocycles. The molecule has 0 bridgehead atoms. The number of aromatic nitrogens is 3. The van der Waals surface area contributed by atoms with Crippen LogP contribution in [0.5, 0.6) is 0 Å². The van der Waals surface area contributed by atoms with Crippen LogP contribution in [-0.4, -0.2) is 29.6 Å². The predicted molar refractivity (Wildman–Crippen MR) is 146 cm³/mol. The molecule has 0 atom stereocenters. The van der Waals surface area contributed by atoms with Gasteiger partial charge in [0.15, 0.2) is 9.84 Å². The van der Waals surface area contributed by atoms with Gasteiger partial charge in [0.05, 0.1) is 18.1 Å². The van der Waals surface area contributed by atoms with Gasteiger partial charge in [-0.15, -0.1) is 0 Å². The molecular weight excluding hydrogens is 508 g/mol. The first kappa shape index (κ1) is 25.0. The molecule has 0 spiro atoms. The van der Waals surface area contributed by atoms with Gasteiger partial charge < -0.3 is 15.0 Å². The first-order chi connectivity index (χ1) is 17.8. The van der Waals surface area contributed by atoms with E-state index in [0.717, 1.165) is 49.7 Å². The van der Waals surface area contributed by atoms with E-state index in [1.54, 1.807) is 30.6 Å². The van der Waals surface area contributed by atoms with Crippen molar-refractivity contribution in [3.05, 3.63) is 107 Å². The maximum atomic E-state index is 11.9. The van der Waals surface area contributed by atoms with Crippen molar-refractivity contribution in [1.82, 2.24) is 15.0 Å². The van der Waals surface area contributed by atoms with E-state index in [1.807, 2.05) is 54.7 Å². The summed E-state index contributed by atoms with van der Waals surface area (Å²) in [7, 11) is -3.29. The first-order valence-electron chi connectivity index (χ1n) is 11.6. The second-order valence-corrected chi connectivity index (χ2v) is 11.2. The minimum absolute atomic E-state index is 0.280. The first-order valence-corrected chi connectivity index (χ1v) is 13.9. The summed E-state index contributed by atoms with van der Waals surface area (Å²) in [5, 5.41) is 4.95. The van der Waals surface area contributed by atoms with Crippen molar-refractivity contribution in [3.63, 3.8) is 0 Å². The Morgan fingerprint density at radius 1 is 0.919 bits per heavy atom. The minimum Gasteiger partial charge on any atom is -0.372 e. The highest BCUT2D eigenvalue weighted by Gasteiger charge is 2.11. The molecular formula is C28H25ClN4O3S. The van der Waals surface area contributed by atoms with Crippen LogP contribution in [0.3, 0.4) is 0 Å². The molecule has 0 amide bonds. The second-order valence-electron chi connectivity index (χ2n) is 8.76.